The van der Waals surface area contributed by atoms with Gasteiger partial charge in [0, 0.05) is 48.7 Å². The maximum absolute atomic E-state index is 13.8. The van der Waals surface area contributed by atoms with E-state index in [1.165, 1.54) is 12.1 Å². The number of benzene rings is 3. The molecule has 12 heteroatoms. The first-order chi connectivity index (χ1) is 24.1. The van der Waals surface area contributed by atoms with Crippen molar-refractivity contribution in [3.63, 3.8) is 0 Å². The van der Waals surface area contributed by atoms with Crippen LogP contribution in [0.1, 0.15) is 90.1 Å². The number of hydrogen-bond acceptors (Lipinski definition) is 9. The molecular weight excluding hydrogens is 660 g/mol. The van der Waals surface area contributed by atoms with Crippen LogP contribution in [0.3, 0.4) is 0 Å². The van der Waals surface area contributed by atoms with Gasteiger partial charge in [-0.3, -0.25) is 0 Å². The van der Waals surface area contributed by atoms with Crippen molar-refractivity contribution in [3.05, 3.63) is 82.9 Å². The number of rotatable bonds is 11. The molecule has 280 valence electrons. The lowest BCUT2D eigenvalue weighted by Crippen LogP contribution is -2.50. The number of ether oxygens (including phenoxy) is 5. The summed E-state index contributed by atoms with van der Waals surface area (Å²) in [6.07, 6.45) is -0.0482. The lowest BCUT2D eigenvalue weighted by atomic mass is 9.98. The van der Waals surface area contributed by atoms with E-state index in [9.17, 15) is 18.7 Å². The first kappa shape index (κ1) is 39.7. The van der Waals surface area contributed by atoms with Crippen molar-refractivity contribution in [2.45, 2.75) is 110 Å². The minimum absolute atomic E-state index is 0.00745. The zero-order chi connectivity index (χ0) is 37.3. The Morgan fingerprint density at radius 1 is 0.882 bits per heavy atom. The summed E-state index contributed by atoms with van der Waals surface area (Å²) >= 11 is 0. The fourth-order valence-electron chi connectivity index (χ4n) is 5.80. The van der Waals surface area contributed by atoms with Crippen molar-refractivity contribution in [3.8, 4) is 23.0 Å². The predicted molar refractivity (Wildman–Crippen MR) is 192 cm³/mol. The van der Waals surface area contributed by atoms with E-state index in [2.05, 4.69) is 10.6 Å². The van der Waals surface area contributed by atoms with Crippen LogP contribution in [0.5, 0.6) is 23.0 Å². The van der Waals surface area contributed by atoms with E-state index in [1.54, 1.807) is 20.8 Å². The Bertz CT molecular complexity index is 1580. The molecule has 4 atom stereocenters. The van der Waals surface area contributed by atoms with Gasteiger partial charge in [-0.15, -0.1) is 0 Å². The summed E-state index contributed by atoms with van der Waals surface area (Å²) < 4.78 is 55.6. The van der Waals surface area contributed by atoms with Crippen molar-refractivity contribution >= 4 is 6.09 Å². The normalized spacial score (nSPS) is 17.8. The van der Waals surface area contributed by atoms with E-state index < -0.39 is 35.5 Å². The van der Waals surface area contributed by atoms with Gasteiger partial charge in [-0.1, -0.05) is 0 Å². The summed E-state index contributed by atoms with van der Waals surface area (Å²) in [6.45, 7) is 14.4. The Morgan fingerprint density at radius 3 is 2.00 bits per heavy atom. The summed E-state index contributed by atoms with van der Waals surface area (Å²) in [5.74, 6) is 1.76. The molecule has 0 aliphatic carbocycles. The zero-order valence-corrected chi connectivity index (χ0v) is 30.6. The molecule has 2 aliphatic heterocycles. The number of aliphatic hydroxyl groups is 1. The zero-order valence-electron chi connectivity index (χ0n) is 30.6. The molecule has 0 bridgehead atoms. The summed E-state index contributed by atoms with van der Waals surface area (Å²) in [5.41, 5.74) is 7.54. The van der Waals surface area contributed by atoms with E-state index in [-0.39, 0.29) is 37.3 Å². The summed E-state index contributed by atoms with van der Waals surface area (Å²) in [4.78, 5) is 12.4. The summed E-state index contributed by atoms with van der Waals surface area (Å²) in [6, 6.07) is 13.7. The van der Waals surface area contributed by atoms with Crippen LogP contribution in [-0.2, 0) is 11.2 Å². The monoisotopic (exact) mass is 713 g/mol. The Kier molecular flexibility index (Phi) is 13.9. The molecular formula is C39H53F2N3O7. The first-order valence-electron chi connectivity index (χ1n) is 17.5. The average molecular weight is 714 g/mol. The van der Waals surface area contributed by atoms with Crippen molar-refractivity contribution in [1.82, 2.24) is 10.6 Å². The van der Waals surface area contributed by atoms with Crippen LogP contribution >= 0.6 is 0 Å². The predicted octanol–water partition coefficient (Wildman–Crippen LogP) is 6.92. The number of alkyl carbamates (subject to hydrolysis) is 1. The highest BCUT2D eigenvalue weighted by molar-refractivity contribution is 5.68. The Hall–Kier alpha value is -4.13. The van der Waals surface area contributed by atoms with Gasteiger partial charge in [0.1, 0.15) is 40.2 Å². The minimum Gasteiger partial charge on any atom is -0.493 e. The maximum Gasteiger partial charge on any atom is 0.407 e. The number of nitrogens with one attached hydrogen (secondary N) is 2. The van der Waals surface area contributed by atoms with Crippen LogP contribution < -0.4 is 35.3 Å². The highest BCUT2D eigenvalue weighted by atomic mass is 19.1. The van der Waals surface area contributed by atoms with E-state index in [1.807, 2.05) is 64.1 Å². The van der Waals surface area contributed by atoms with Crippen molar-refractivity contribution < 1.29 is 42.4 Å². The number of hydrogen-bond donors (Lipinski definition) is 4. The standard InChI is InChI=1S/C27H36F2N2O5.C12H17NO2/c1-16(2)35-20-6-7-25-21(14-20)22(8-9-34-25)30-15-24(32)23(31-26(33)36-27(3,4)5)12-17-10-18(28)13-19(29)11-17;1-8(2)15-9-3-4-12-10(7-9)11(13)5-6-14-12/h6-7,10-11,13-14,16,22-24,30,32H,8-9,12,15H2,1-5H3,(H,31,33);3-4,7-8,11H,5-6,13H2,1-2H3/t22-,23?,24?;11-/m00/s1. The molecule has 1 amide bonds. The number of halogens is 2. The molecule has 0 spiro atoms. The van der Waals surface area contributed by atoms with E-state index in [0.29, 0.717) is 25.2 Å². The van der Waals surface area contributed by atoms with Gasteiger partial charge in [-0.05, 0) is 109 Å². The number of carbonyl (C=O) groups excluding carboxylic acids is 1. The van der Waals surface area contributed by atoms with Gasteiger partial charge in [0.25, 0.3) is 0 Å². The maximum atomic E-state index is 13.8. The smallest absolute Gasteiger partial charge is 0.407 e. The van der Waals surface area contributed by atoms with E-state index in [4.69, 9.17) is 29.4 Å². The van der Waals surface area contributed by atoms with Gasteiger partial charge in [-0.25, -0.2) is 13.6 Å². The van der Waals surface area contributed by atoms with E-state index in [0.717, 1.165) is 46.6 Å². The highest BCUT2D eigenvalue weighted by Crippen LogP contribution is 2.36. The number of aliphatic hydroxyl groups excluding tert-OH is 1. The van der Waals surface area contributed by atoms with Crippen molar-refractivity contribution in [2.75, 3.05) is 19.8 Å². The average Bonchev–Trinajstić information content (AvgIpc) is 3.02. The molecule has 2 aliphatic rings. The Balaban J connectivity index is 0.000000322. The van der Waals surface area contributed by atoms with Crippen LogP contribution in [0, 0.1) is 11.6 Å². The largest absolute Gasteiger partial charge is 0.493 e. The first-order valence-corrected chi connectivity index (χ1v) is 17.5. The summed E-state index contributed by atoms with van der Waals surface area (Å²) in [7, 11) is 0. The van der Waals surface area contributed by atoms with Crippen molar-refractivity contribution in [1.29, 1.82) is 0 Å². The third-order valence-electron chi connectivity index (χ3n) is 7.95. The van der Waals surface area contributed by atoms with Gasteiger partial charge in [0.05, 0.1) is 37.6 Å². The molecule has 2 heterocycles. The molecule has 0 radical (unpaired) electrons. The number of fused-ring (bicyclic) bond motifs is 2. The molecule has 3 aromatic carbocycles. The summed E-state index contributed by atoms with van der Waals surface area (Å²) in [5, 5.41) is 17.0. The molecule has 5 rings (SSSR count). The highest BCUT2D eigenvalue weighted by Gasteiger charge is 2.28. The Morgan fingerprint density at radius 2 is 1.43 bits per heavy atom. The van der Waals surface area contributed by atoms with Gasteiger partial charge in [-0.2, -0.15) is 0 Å². The minimum atomic E-state index is -1.08. The lowest BCUT2D eigenvalue weighted by molar-refractivity contribution is 0.0418. The molecule has 5 N–H and O–H groups in total. The molecule has 0 saturated heterocycles. The van der Waals surface area contributed by atoms with Crippen LogP contribution in [0.15, 0.2) is 54.6 Å². The SMILES string of the molecule is CC(C)Oc1ccc2c(c1)[C@@H](N)CCO2.CC(C)Oc1ccc2c(c1)[C@@H](NCC(O)C(Cc1cc(F)cc(F)c1)NC(=O)OC(C)(C)C)CCO2. The Labute approximate surface area is 299 Å². The lowest BCUT2D eigenvalue weighted by Gasteiger charge is -2.31. The molecule has 0 aromatic heterocycles. The fourth-order valence-corrected chi connectivity index (χ4v) is 5.80. The van der Waals surface area contributed by atoms with Crippen LogP contribution in [0.25, 0.3) is 0 Å². The second-order valence-corrected chi connectivity index (χ2v) is 14.4. The molecule has 10 nitrogen and oxygen atoms in total. The van der Waals surface area contributed by atoms with Gasteiger partial charge >= 0.3 is 6.09 Å². The van der Waals surface area contributed by atoms with E-state index >= 15 is 0 Å². The van der Waals surface area contributed by atoms with Gasteiger partial charge in [0.15, 0.2) is 0 Å². The fraction of sp³-hybridized carbons (Fsp3) is 0.513. The number of amides is 1. The van der Waals surface area contributed by atoms with Crippen LogP contribution in [0.2, 0.25) is 0 Å². The van der Waals surface area contributed by atoms with Gasteiger partial charge in [0.2, 0.25) is 0 Å². The molecule has 51 heavy (non-hydrogen) atoms. The second-order valence-electron chi connectivity index (χ2n) is 14.4. The molecule has 3 aromatic rings. The van der Waals surface area contributed by atoms with Gasteiger partial charge < -0.3 is 45.2 Å². The quantitative estimate of drug-likeness (QED) is 0.167. The van der Waals surface area contributed by atoms with Crippen molar-refractivity contribution in [2.24, 2.45) is 5.73 Å². The van der Waals surface area contributed by atoms with Crippen LogP contribution in [-0.4, -0.2) is 60.9 Å². The number of carbonyl (C=O) groups is 1. The third kappa shape index (κ3) is 12.6. The molecule has 2 unspecified atom stereocenters. The third-order valence-corrected chi connectivity index (χ3v) is 7.95. The van der Waals surface area contributed by atoms with Crippen LogP contribution in [0.4, 0.5) is 13.6 Å². The molecule has 0 fully saturated rings. The number of nitrogens with two attached hydrogens (primary N) is 1. The second kappa shape index (κ2) is 17.9. The molecule has 0 saturated carbocycles. The topological polar surface area (TPSA) is 134 Å².